The highest BCUT2D eigenvalue weighted by Gasteiger charge is 2.28. The highest BCUT2D eigenvalue weighted by Crippen LogP contribution is 2.43. The van der Waals surface area contributed by atoms with Gasteiger partial charge in [0, 0.05) is 24.2 Å². The largest absolute Gasteiger partial charge is 0.497 e. The summed E-state index contributed by atoms with van der Waals surface area (Å²) in [6, 6.07) is 19.4. The number of ether oxygens (including phenoxy) is 2. The fraction of sp³-hybridized carbons (Fsp3) is 0.250. The lowest BCUT2D eigenvalue weighted by Crippen LogP contribution is -2.23. The van der Waals surface area contributed by atoms with Gasteiger partial charge in [-0.05, 0) is 71.1 Å². The van der Waals surface area contributed by atoms with Crippen LogP contribution in [0.2, 0.25) is 0 Å². The number of aromatic nitrogens is 5. The molecule has 1 fully saturated rings. The number of aryl methyl sites for hydroxylation is 1. The van der Waals surface area contributed by atoms with E-state index in [9.17, 15) is 4.79 Å². The number of methoxy groups -OCH3 is 1. The fourth-order valence-electron chi connectivity index (χ4n) is 3.75. The Labute approximate surface area is 185 Å². The van der Waals surface area contributed by atoms with Crippen molar-refractivity contribution in [1.82, 2.24) is 24.8 Å². The van der Waals surface area contributed by atoms with E-state index < -0.39 is 0 Å². The second-order valence-electron chi connectivity index (χ2n) is 7.79. The fourth-order valence-corrected chi connectivity index (χ4v) is 3.75. The van der Waals surface area contributed by atoms with Crippen LogP contribution in [0.4, 0.5) is 0 Å². The maximum atomic E-state index is 12.5. The maximum absolute atomic E-state index is 12.5. The maximum Gasteiger partial charge on any atom is 0.368 e. The third-order valence-corrected chi connectivity index (χ3v) is 5.63. The predicted molar refractivity (Wildman–Crippen MR) is 119 cm³/mol. The Hall–Kier alpha value is -3.94. The van der Waals surface area contributed by atoms with Gasteiger partial charge < -0.3 is 9.47 Å². The first-order valence-electron chi connectivity index (χ1n) is 10.5. The molecule has 0 N–H and O–H groups in total. The molecule has 32 heavy (non-hydrogen) atoms. The van der Waals surface area contributed by atoms with E-state index in [0.717, 1.165) is 35.4 Å². The molecule has 4 aromatic rings. The number of hydrogen-bond acceptors (Lipinski definition) is 6. The van der Waals surface area contributed by atoms with Crippen molar-refractivity contribution in [2.75, 3.05) is 7.11 Å². The molecule has 162 valence electrons. The molecule has 2 aromatic heterocycles. The second-order valence-corrected chi connectivity index (χ2v) is 7.79. The molecule has 8 nitrogen and oxygen atoms in total. The van der Waals surface area contributed by atoms with Crippen molar-refractivity contribution in [2.24, 2.45) is 7.05 Å². The normalized spacial score (nSPS) is 13.2. The third-order valence-electron chi connectivity index (χ3n) is 5.63. The van der Waals surface area contributed by atoms with E-state index in [0.29, 0.717) is 17.5 Å². The number of pyridine rings is 1. The Morgan fingerprint density at radius 1 is 1.00 bits per heavy atom. The molecular formula is C24H23N5O3. The summed E-state index contributed by atoms with van der Waals surface area (Å²) >= 11 is 0. The zero-order valence-electron chi connectivity index (χ0n) is 17.9. The van der Waals surface area contributed by atoms with Crippen molar-refractivity contribution < 1.29 is 9.47 Å². The number of nitrogens with zero attached hydrogens (tertiary/aromatic N) is 5. The zero-order valence-corrected chi connectivity index (χ0v) is 17.9. The summed E-state index contributed by atoms with van der Waals surface area (Å²) in [6.45, 7) is 0.282. The Morgan fingerprint density at radius 2 is 1.78 bits per heavy atom. The lowest BCUT2D eigenvalue weighted by Gasteiger charge is -2.15. The van der Waals surface area contributed by atoms with Gasteiger partial charge in [-0.3, -0.25) is 0 Å². The first kappa shape index (κ1) is 20.0. The van der Waals surface area contributed by atoms with E-state index in [2.05, 4.69) is 21.5 Å². The summed E-state index contributed by atoms with van der Waals surface area (Å²) < 4.78 is 13.9. The van der Waals surface area contributed by atoms with Crippen LogP contribution in [0.25, 0.3) is 16.9 Å². The highest BCUT2D eigenvalue weighted by molar-refractivity contribution is 5.60. The molecule has 2 heterocycles. The molecule has 1 aliphatic rings. The molecular weight excluding hydrogens is 406 g/mol. The van der Waals surface area contributed by atoms with Crippen molar-refractivity contribution in [3.05, 3.63) is 82.3 Å². The molecule has 0 atom stereocenters. The van der Waals surface area contributed by atoms with E-state index in [1.807, 2.05) is 54.6 Å². The van der Waals surface area contributed by atoms with Crippen molar-refractivity contribution in [3.8, 4) is 28.6 Å². The average Bonchev–Trinajstić information content (AvgIpc) is 3.63. The minimum absolute atomic E-state index is 0.282. The lowest BCUT2D eigenvalue weighted by atomic mass is 10.0. The zero-order chi connectivity index (χ0) is 22.1. The molecule has 0 unspecified atom stereocenters. The van der Waals surface area contributed by atoms with E-state index >= 15 is 0 Å². The predicted octanol–water partition coefficient (Wildman–Crippen LogP) is 3.49. The van der Waals surface area contributed by atoms with Gasteiger partial charge in [0.05, 0.1) is 18.5 Å². The number of hydrogen-bond donors (Lipinski definition) is 0. The SMILES string of the molecule is COc1ccc(-c2cccc(OCc3c(C4CC4)cccc3-n3nnn(C)c3=O)n2)cc1. The van der Waals surface area contributed by atoms with Crippen molar-refractivity contribution in [2.45, 2.75) is 25.4 Å². The van der Waals surface area contributed by atoms with Gasteiger partial charge in [0.2, 0.25) is 5.88 Å². The lowest BCUT2D eigenvalue weighted by molar-refractivity contribution is 0.292. The Balaban J connectivity index is 1.45. The monoisotopic (exact) mass is 429 g/mol. The molecule has 5 rings (SSSR count). The topological polar surface area (TPSA) is 84.1 Å². The Kier molecular flexibility index (Phi) is 5.18. The molecule has 8 heteroatoms. The molecule has 1 aliphatic carbocycles. The van der Waals surface area contributed by atoms with E-state index in [4.69, 9.17) is 9.47 Å². The molecule has 0 saturated heterocycles. The smallest absolute Gasteiger partial charge is 0.368 e. The Bertz CT molecular complexity index is 1310. The first-order valence-corrected chi connectivity index (χ1v) is 10.5. The number of rotatable bonds is 7. The Morgan fingerprint density at radius 3 is 2.47 bits per heavy atom. The standard InChI is InChI=1S/C24H23N5O3/c1-28-24(30)29(27-26-28)22-7-3-5-19(16-9-10-16)20(22)15-32-23-8-4-6-21(25-23)17-11-13-18(31-2)14-12-17/h3-8,11-14,16H,9-10,15H2,1-2H3. The molecule has 2 aromatic carbocycles. The summed E-state index contributed by atoms with van der Waals surface area (Å²) in [6.07, 6.45) is 2.27. The molecule has 0 bridgehead atoms. The summed E-state index contributed by atoms with van der Waals surface area (Å²) in [5.74, 6) is 1.80. The van der Waals surface area contributed by atoms with Gasteiger partial charge in [-0.15, -0.1) is 0 Å². The van der Waals surface area contributed by atoms with Gasteiger partial charge in [0.1, 0.15) is 12.4 Å². The van der Waals surface area contributed by atoms with E-state index in [1.54, 1.807) is 14.2 Å². The summed E-state index contributed by atoms with van der Waals surface area (Å²) in [4.78, 5) is 17.1. The summed E-state index contributed by atoms with van der Waals surface area (Å²) in [5.41, 5.74) is 4.31. The van der Waals surface area contributed by atoms with Gasteiger partial charge in [0.15, 0.2) is 0 Å². The van der Waals surface area contributed by atoms with Crippen molar-refractivity contribution in [3.63, 3.8) is 0 Å². The molecule has 1 saturated carbocycles. The van der Waals surface area contributed by atoms with Gasteiger partial charge in [-0.25, -0.2) is 9.78 Å². The van der Waals surface area contributed by atoms with Crippen molar-refractivity contribution in [1.29, 1.82) is 0 Å². The van der Waals surface area contributed by atoms with Crippen LogP contribution in [-0.2, 0) is 13.7 Å². The van der Waals surface area contributed by atoms with Gasteiger partial charge in [0.25, 0.3) is 0 Å². The van der Waals surface area contributed by atoms with Crippen LogP contribution in [-0.4, -0.2) is 31.9 Å². The molecule has 0 aliphatic heterocycles. The average molecular weight is 429 g/mol. The van der Waals surface area contributed by atoms with Crippen LogP contribution in [0.1, 0.15) is 29.9 Å². The van der Waals surface area contributed by atoms with E-state index in [1.165, 1.54) is 14.9 Å². The van der Waals surface area contributed by atoms with Gasteiger partial charge >= 0.3 is 5.69 Å². The molecule has 0 radical (unpaired) electrons. The molecule has 0 spiro atoms. The second kappa shape index (κ2) is 8.30. The van der Waals surface area contributed by atoms with Gasteiger partial charge in [-0.2, -0.15) is 9.36 Å². The van der Waals surface area contributed by atoms with Crippen molar-refractivity contribution >= 4 is 0 Å². The van der Waals surface area contributed by atoms with Crippen LogP contribution in [0, 0.1) is 0 Å². The number of benzene rings is 2. The third kappa shape index (κ3) is 3.87. The minimum atomic E-state index is -0.293. The highest BCUT2D eigenvalue weighted by atomic mass is 16.5. The quantitative estimate of drug-likeness (QED) is 0.447. The van der Waals surface area contributed by atoms with E-state index in [-0.39, 0.29) is 12.3 Å². The minimum Gasteiger partial charge on any atom is -0.497 e. The van der Waals surface area contributed by atoms with Gasteiger partial charge in [-0.1, -0.05) is 18.2 Å². The van der Waals surface area contributed by atoms with Crippen LogP contribution >= 0.6 is 0 Å². The first-order chi connectivity index (χ1) is 15.6. The van der Waals surface area contributed by atoms with Crippen LogP contribution in [0.15, 0.2) is 65.5 Å². The van der Waals surface area contributed by atoms with Crippen LogP contribution in [0.3, 0.4) is 0 Å². The van der Waals surface area contributed by atoms with Crippen LogP contribution in [0.5, 0.6) is 11.6 Å². The molecule has 0 amide bonds. The van der Waals surface area contributed by atoms with Crippen LogP contribution < -0.4 is 15.2 Å². The summed E-state index contributed by atoms with van der Waals surface area (Å²) in [7, 11) is 3.23. The summed E-state index contributed by atoms with van der Waals surface area (Å²) in [5, 5.41) is 7.88. The number of tetrazole rings is 1.